The van der Waals surface area contributed by atoms with E-state index in [1.54, 1.807) is 26.0 Å². The molecule has 0 bridgehead atoms. The second kappa shape index (κ2) is 14.3. The minimum Gasteiger partial charge on any atom is -0.444 e. The van der Waals surface area contributed by atoms with Crippen LogP contribution in [0.4, 0.5) is 4.79 Å². The van der Waals surface area contributed by atoms with Crippen molar-refractivity contribution in [2.45, 2.75) is 59.2 Å². The topological polar surface area (TPSA) is 86.3 Å². The van der Waals surface area contributed by atoms with Gasteiger partial charge < -0.3 is 25.2 Å². The molecule has 0 fully saturated rings. The van der Waals surface area contributed by atoms with Gasteiger partial charge in [-0.1, -0.05) is 26.0 Å². The maximum absolute atomic E-state index is 12.2. The number of halogens is 1. The van der Waals surface area contributed by atoms with Crippen LogP contribution in [0.2, 0.25) is 0 Å². The fourth-order valence-corrected chi connectivity index (χ4v) is 3.06. The lowest BCUT2D eigenvalue weighted by Gasteiger charge is -2.28. The standard InChI is InChI=1S/C24H41N5O3.HI/c1-17(2)20(27-23(31)32-24(3,4)5)14-15-29(9)22(25-6)26-16-18-10-12-19(13-11-18)21(30)28(7)8;/h10-13,17,20H,14-16H2,1-9H3,(H,25,26)(H,27,31);1H. The molecule has 0 radical (unpaired) electrons. The normalized spacial score (nSPS) is 12.5. The number of hydrogen-bond donors (Lipinski definition) is 2. The number of nitrogens with zero attached hydrogens (tertiary/aromatic N) is 3. The fourth-order valence-electron chi connectivity index (χ4n) is 3.06. The molecule has 0 spiro atoms. The number of aliphatic imine (C=N–C) groups is 1. The van der Waals surface area contributed by atoms with Crippen molar-refractivity contribution in [2.75, 3.05) is 34.7 Å². The number of hydrogen-bond acceptors (Lipinski definition) is 4. The van der Waals surface area contributed by atoms with Crippen molar-refractivity contribution < 1.29 is 14.3 Å². The number of ether oxygens (including phenoxy) is 1. The average Bonchev–Trinajstić information content (AvgIpc) is 2.69. The van der Waals surface area contributed by atoms with E-state index in [0.717, 1.165) is 17.9 Å². The Labute approximate surface area is 216 Å². The summed E-state index contributed by atoms with van der Waals surface area (Å²) in [4.78, 5) is 32.1. The predicted molar refractivity (Wildman–Crippen MR) is 145 cm³/mol. The maximum atomic E-state index is 12.2. The van der Waals surface area contributed by atoms with Crippen molar-refractivity contribution in [1.82, 2.24) is 20.4 Å². The van der Waals surface area contributed by atoms with Gasteiger partial charge in [-0.15, -0.1) is 24.0 Å². The molecule has 1 unspecified atom stereocenters. The zero-order chi connectivity index (χ0) is 24.5. The van der Waals surface area contributed by atoms with Crippen molar-refractivity contribution >= 4 is 41.9 Å². The molecular weight excluding hydrogens is 533 g/mol. The maximum Gasteiger partial charge on any atom is 0.407 e. The molecule has 1 rings (SSSR count). The number of amides is 2. The van der Waals surface area contributed by atoms with Crippen LogP contribution in [0, 0.1) is 5.92 Å². The summed E-state index contributed by atoms with van der Waals surface area (Å²) in [5.41, 5.74) is 1.20. The van der Waals surface area contributed by atoms with Gasteiger partial charge in [-0.2, -0.15) is 0 Å². The number of nitrogens with one attached hydrogen (secondary N) is 2. The smallest absolute Gasteiger partial charge is 0.407 e. The average molecular weight is 576 g/mol. The van der Waals surface area contributed by atoms with E-state index >= 15 is 0 Å². The van der Waals surface area contributed by atoms with Gasteiger partial charge in [-0.3, -0.25) is 9.79 Å². The molecule has 1 aromatic carbocycles. The van der Waals surface area contributed by atoms with Gasteiger partial charge in [0.05, 0.1) is 0 Å². The number of carbonyl (C=O) groups excluding carboxylic acids is 2. The van der Waals surface area contributed by atoms with Crippen LogP contribution in [-0.2, 0) is 11.3 Å². The van der Waals surface area contributed by atoms with Gasteiger partial charge in [-0.05, 0) is 50.8 Å². The van der Waals surface area contributed by atoms with Crippen molar-refractivity contribution in [3.05, 3.63) is 35.4 Å². The van der Waals surface area contributed by atoms with Gasteiger partial charge in [0.25, 0.3) is 5.91 Å². The molecule has 0 saturated heterocycles. The van der Waals surface area contributed by atoms with Gasteiger partial charge >= 0.3 is 6.09 Å². The van der Waals surface area contributed by atoms with E-state index in [9.17, 15) is 9.59 Å². The summed E-state index contributed by atoms with van der Waals surface area (Å²) in [5, 5.41) is 6.34. The molecule has 0 aliphatic heterocycles. The number of alkyl carbamates (subject to hydrolysis) is 1. The van der Waals surface area contributed by atoms with Crippen LogP contribution < -0.4 is 10.6 Å². The van der Waals surface area contributed by atoms with Crippen LogP contribution in [0.15, 0.2) is 29.3 Å². The van der Waals surface area contributed by atoms with Gasteiger partial charge in [0.1, 0.15) is 5.60 Å². The second-order valence-corrected chi connectivity index (χ2v) is 9.50. The SMILES string of the molecule is CN=C(NCc1ccc(C(=O)N(C)C)cc1)N(C)CCC(NC(=O)OC(C)(C)C)C(C)C.I. The van der Waals surface area contributed by atoms with Gasteiger partial charge in [-0.25, -0.2) is 4.79 Å². The Morgan fingerprint density at radius 2 is 1.67 bits per heavy atom. The van der Waals surface area contributed by atoms with Gasteiger partial charge in [0.15, 0.2) is 5.96 Å². The first-order chi connectivity index (χ1) is 14.8. The molecule has 0 heterocycles. The summed E-state index contributed by atoms with van der Waals surface area (Å²) in [6.07, 6.45) is 0.368. The third-order valence-corrected chi connectivity index (χ3v) is 4.91. The summed E-state index contributed by atoms with van der Waals surface area (Å²) in [7, 11) is 7.20. The van der Waals surface area contributed by atoms with Crippen LogP contribution in [0.25, 0.3) is 0 Å². The third kappa shape index (κ3) is 11.6. The molecule has 2 amide bonds. The molecule has 1 atom stereocenters. The molecule has 33 heavy (non-hydrogen) atoms. The molecule has 0 saturated carbocycles. The van der Waals surface area contributed by atoms with E-state index in [0.29, 0.717) is 18.7 Å². The van der Waals surface area contributed by atoms with Crippen LogP contribution in [0.1, 0.15) is 57.0 Å². The lowest BCUT2D eigenvalue weighted by atomic mass is 10.0. The Morgan fingerprint density at radius 3 is 2.12 bits per heavy atom. The molecular formula is C24H42IN5O3. The molecule has 9 heteroatoms. The highest BCUT2D eigenvalue weighted by atomic mass is 127. The quantitative estimate of drug-likeness (QED) is 0.279. The molecule has 188 valence electrons. The predicted octanol–water partition coefficient (Wildman–Crippen LogP) is 3.95. The highest BCUT2D eigenvalue weighted by molar-refractivity contribution is 14.0. The summed E-state index contributed by atoms with van der Waals surface area (Å²) in [6, 6.07) is 7.54. The summed E-state index contributed by atoms with van der Waals surface area (Å²) < 4.78 is 5.39. The van der Waals surface area contributed by atoms with Gasteiger partial charge in [0.2, 0.25) is 0 Å². The Morgan fingerprint density at radius 1 is 1.09 bits per heavy atom. The number of carbonyl (C=O) groups is 2. The van der Waals surface area contributed by atoms with E-state index < -0.39 is 11.7 Å². The first-order valence-electron chi connectivity index (χ1n) is 11.1. The molecule has 0 aliphatic rings. The summed E-state index contributed by atoms with van der Waals surface area (Å²) >= 11 is 0. The molecule has 2 N–H and O–H groups in total. The Bertz CT molecular complexity index is 773. The van der Waals surface area contributed by atoms with Crippen LogP contribution in [0.3, 0.4) is 0 Å². The highest BCUT2D eigenvalue weighted by Gasteiger charge is 2.22. The largest absolute Gasteiger partial charge is 0.444 e. The van der Waals surface area contributed by atoms with Crippen LogP contribution in [-0.4, -0.2) is 74.1 Å². The second-order valence-electron chi connectivity index (χ2n) is 9.50. The Hall–Kier alpha value is -2.04. The van der Waals surface area contributed by atoms with E-state index in [-0.39, 0.29) is 41.8 Å². The lowest BCUT2D eigenvalue weighted by molar-refractivity contribution is 0.0485. The van der Waals surface area contributed by atoms with Gasteiger partial charge in [0, 0.05) is 52.9 Å². The minimum absolute atomic E-state index is 0. The van der Waals surface area contributed by atoms with Crippen LogP contribution >= 0.6 is 24.0 Å². The van der Waals surface area contributed by atoms with Crippen molar-refractivity contribution in [1.29, 1.82) is 0 Å². The monoisotopic (exact) mass is 575 g/mol. The molecule has 8 nitrogen and oxygen atoms in total. The molecule has 1 aromatic rings. The van der Waals surface area contributed by atoms with E-state index in [1.807, 2.05) is 57.0 Å². The zero-order valence-corrected chi connectivity index (χ0v) is 23.9. The molecule has 0 aliphatic carbocycles. The lowest BCUT2D eigenvalue weighted by Crippen LogP contribution is -2.45. The minimum atomic E-state index is -0.522. The highest BCUT2D eigenvalue weighted by Crippen LogP contribution is 2.11. The van der Waals surface area contributed by atoms with Crippen molar-refractivity contribution in [3.63, 3.8) is 0 Å². The van der Waals surface area contributed by atoms with E-state index in [1.165, 1.54) is 0 Å². The Kier molecular flexibility index (Phi) is 13.4. The number of guanidine groups is 1. The summed E-state index contributed by atoms with van der Waals surface area (Å²) in [6.45, 7) is 11.0. The zero-order valence-electron chi connectivity index (χ0n) is 21.6. The Balaban J connectivity index is 0.0000102. The molecule has 0 aromatic heterocycles. The van der Waals surface area contributed by atoms with E-state index in [2.05, 4.69) is 29.5 Å². The van der Waals surface area contributed by atoms with Crippen molar-refractivity contribution in [2.24, 2.45) is 10.9 Å². The first kappa shape index (κ1) is 31.0. The fraction of sp³-hybridized carbons (Fsp3) is 0.625. The number of rotatable bonds is 8. The van der Waals surface area contributed by atoms with Crippen LogP contribution in [0.5, 0.6) is 0 Å². The number of benzene rings is 1. The third-order valence-electron chi connectivity index (χ3n) is 4.91. The summed E-state index contributed by atoms with van der Waals surface area (Å²) in [5.74, 6) is 1.02. The van der Waals surface area contributed by atoms with E-state index in [4.69, 9.17) is 4.74 Å². The van der Waals surface area contributed by atoms with Crippen molar-refractivity contribution in [3.8, 4) is 0 Å². The first-order valence-corrected chi connectivity index (χ1v) is 11.1.